The molecule has 0 aliphatic heterocycles. The smallest absolute Gasteiger partial charge is 0.417 e. The summed E-state index contributed by atoms with van der Waals surface area (Å²) in [7, 11) is 1.22. The van der Waals surface area contributed by atoms with Gasteiger partial charge in [0, 0.05) is 6.20 Å². The predicted molar refractivity (Wildman–Crippen MR) is 94.4 cm³/mol. The fourth-order valence-electron chi connectivity index (χ4n) is 1.78. The van der Waals surface area contributed by atoms with Gasteiger partial charge in [-0.15, -0.1) is 0 Å². The number of pyridine rings is 1. The molecule has 0 radical (unpaired) electrons. The fourth-order valence-corrected chi connectivity index (χ4v) is 2.40. The van der Waals surface area contributed by atoms with Gasteiger partial charge < -0.3 is 9.47 Å². The first-order valence-electron chi connectivity index (χ1n) is 7.21. The molecule has 2 rings (SSSR count). The van der Waals surface area contributed by atoms with Crippen molar-refractivity contribution in [1.82, 2.24) is 4.98 Å². The van der Waals surface area contributed by atoms with Crippen LogP contribution in [-0.2, 0) is 15.7 Å². The van der Waals surface area contributed by atoms with Gasteiger partial charge in [-0.05, 0) is 29.8 Å². The number of carbonyl (C=O) groups is 1. The second-order valence-corrected chi connectivity index (χ2v) is 5.79. The Morgan fingerprint density at radius 3 is 2.48 bits per heavy atom. The van der Waals surface area contributed by atoms with Crippen LogP contribution >= 0.6 is 23.2 Å². The van der Waals surface area contributed by atoms with Gasteiger partial charge in [0.15, 0.2) is 12.4 Å². The number of methoxy groups -OCH3 is 1. The van der Waals surface area contributed by atoms with Crippen molar-refractivity contribution in [3.63, 3.8) is 0 Å². The lowest BCUT2D eigenvalue weighted by Gasteiger charge is -2.09. The molecule has 6 nitrogen and oxygen atoms in total. The second kappa shape index (κ2) is 8.92. The molecule has 0 saturated heterocycles. The summed E-state index contributed by atoms with van der Waals surface area (Å²) in [5.74, 6) is -0.367. The number of aromatic nitrogens is 1. The van der Waals surface area contributed by atoms with Gasteiger partial charge >= 0.3 is 12.1 Å². The zero-order chi connectivity index (χ0) is 20.0. The number of nitrogens with one attached hydrogen (secondary N) is 1. The Balaban J connectivity index is 2.03. The fraction of sp³-hybridized carbons (Fsp3) is 0.188. The molecule has 11 heteroatoms. The van der Waals surface area contributed by atoms with Crippen molar-refractivity contribution in [3.05, 3.63) is 51.6 Å². The summed E-state index contributed by atoms with van der Waals surface area (Å²) in [6, 6.07) is 4.98. The minimum atomic E-state index is -4.46. The zero-order valence-electron chi connectivity index (χ0n) is 13.7. The van der Waals surface area contributed by atoms with E-state index in [1.807, 2.05) is 0 Å². The lowest BCUT2D eigenvalue weighted by Crippen LogP contribution is -2.13. The number of esters is 1. The maximum Gasteiger partial charge on any atom is 0.417 e. The molecule has 0 aliphatic carbocycles. The maximum atomic E-state index is 12.5. The topological polar surface area (TPSA) is 72.8 Å². The summed E-state index contributed by atoms with van der Waals surface area (Å²) in [5, 5.41) is 4.13. The molecule has 0 atom stereocenters. The van der Waals surface area contributed by atoms with E-state index in [0.29, 0.717) is 11.8 Å². The normalized spacial score (nSPS) is 11.5. The molecule has 0 fully saturated rings. The van der Waals surface area contributed by atoms with Gasteiger partial charge in [0.2, 0.25) is 0 Å². The Morgan fingerprint density at radius 2 is 1.96 bits per heavy atom. The van der Waals surface area contributed by atoms with Crippen molar-refractivity contribution < 1.29 is 27.4 Å². The molecule has 144 valence electrons. The van der Waals surface area contributed by atoms with Crippen LogP contribution in [0, 0.1) is 0 Å². The maximum absolute atomic E-state index is 12.5. The number of carbonyl (C=O) groups excluding carboxylic acids is 1. The molecule has 1 N–H and O–H groups in total. The molecule has 1 heterocycles. The number of hydrogen-bond donors (Lipinski definition) is 1. The molecule has 1 aromatic carbocycles. The summed E-state index contributed by atoms with van der Waals surface area (Å²) in [6.07, 6.45) is -2.43. The largest absolute Gasteiger partial charge is 0.479 e. The molecule has 0 spiro atoms. The number of benzene rings is 1. The number of hydrogen-bond acceptors (Lipinski definition) is 6. The summed E-state index contributed by atoms with van der Waals surface area (Å²) in [4.78, 5) is 14.7. The van der Waals surface area contributed by atoms with Crippen LogP contribution in [-0.4, -0.2) is 30.9 Å². The van der Waals surface area contributed by atoms with E-state index >= 15 is 0 Å². The highest BCUT2D eigenvalue weighted by atomic mass is 35.5. The number of halogens is 5. The third-order valence-electron chi connectivity index (χ3n) is 3.07. The van der Waals surface area contributed by atoms with Crippen molar-refractivity contribution in [3.8, 4) is 5.75 Å². The third kappa shape index (κ3) is 6.00. The predicted octanol–water partition coefficient (Wildman–Crippen LogP) is 4.41. The van der Waals surface area contributed by atoms with Crippen LogP contribution in [0.25, 0.3) is 0 Å². The monoisotopic (exact) mass is 421 g/mol. The lowest BCUT2D eigenvalue weighted by molar-refractivity contribution is -0.143. The minimum absolute atomic E-state index is 0.109. The van der Waals surface area contributed by atoms with Crippen molar-refractivity contribution in [2.24, 2.45) is 5.10 Å². The Bertz CT molecular complexity index is 820. The van der Waals surface area contributed by atoms with E-state index in [-0.39, 0.29) is 28.2 Å². The SMILES string of the molecule is COC(=O)COc1c(Cl)cc(/C=N\Nc2ccc(C(F)(F)F)cn2)cc1Cl. The van der Waals surface area contributed by atoms with Crippen LogP contribution in [0.15, 0.2) is 35.6 Å². The van der Waals surface area contributed by atoms with E-state index in [1.54, 1.807) is 0 Å². The molecule has 1 aromatic heterocycles. The number of rotatable bonds is 6. The minimum Gasteiger partial charge on any atom is -0.479 e. The summed E-state index contributed by atoms with van der Waals surface area (Å²) in [6.45, 7) is -0.357. The van der Waals surface area contributed by atoms with Crippen LogP contribution in [0.1, 0.15) is 11.1 Å². The molecular weight excluding hydrogens is 410 g/mol. The Labute approximate surface area is 161 Å². The first-order chi connectivity index (χ1) is 12.7. The zero-order valence-corrected chi connectivity index (χ0v) is 15.2. The molecule has 0 saturated carbocycles. The lowest BCUT2D eigenvalue weighted by atomic mass is 10.2. The Hall–Kier alpha value is -2.52. The van der Waals surface area contributed by atoms with E-state index in [1.165, 1.54) is 25.5 Å². The van der Waals surface area contributed by atoms with Gasteiger partial charge in [-0.2, -0.15) is 18.3 Å². The van der Waals surface area contributed by atoms with Crippen LogP contribution in [0.5, 0.6) is 5.75 Å². The number of nitrogens with zero attached hydrogens (tertiary/aromatic N) is 2. The molecule has 0 unspecified atom stereocenters. The number of ether oxygens (including phenoxy) is 2. The van der Waals surface area contributed by atoms with Gasteiger partial charge in [-0.3, -0.25) is 5.43 Å². The van der Waals surface area contributed by atoms with E-state index in [2.05, 4.69) is 20.2 Å². The van der Waals surface area contributed by atoms with E-state index in [4.69, 9.17) is 27.9 Å². The first kappa shape index (κ1) is 20.8. The highest BCUT2D eigenvalue weighted by molar-refractivity contribution is 6.37. The summed E-state index contributed by atoms with van der Waals surface area (Å²) < 4.78 is 47.0. The summed E-state index contributed by atoms with van der Waals surface area (Å²) in [5.41, 5.74) is 2.10. The van der Waals surface area contributed by atoms with E-state index in [9.17, 15) is 18.0 Å². The van der Waals surface area contributed by atoms with Gasteiger partial charge in [-0.25, -0.2) is 9.78 Å². The average molecular weight is 422 g/mol. The molecule has 0 amide bonds. The second-order valence-electron chi connectivity index (χ2n) is 4.98. The van der Waals surface area contributed by atoms with Crippen molar-refractivity contribution >= 4 is 41.2 Å². The van der Waals surface area contributed by atoms with Crippen LogP contribution in [0.2, 0.25) is 10.0 Å². The van der Waals surface area contributed by atoms with Gasteiger partial charge in [0.1, 0.15) is 5.82 Å². The molecule has 0 aliphatic rings. The number of anilines is 1. The number of hydrazone groups is 1. The molecule has 2 aromatic rings. The average Bonchev–Trinajstić information content (AvgIpc) is 2.60. The van der Waals surface area contributed by atoms with Crippen molar-refractivity contribution in [1.29, 1.82) is 0 Å². The Kier molecular flexibility index (Phi) is 6.86. The van der Waals surface area contributed by atoms with E-state index < -0.39 is 17.7 Å². The molecule has 27 heavy (non-hydrogen) atoms. The highest BCUT2D eigenvalue weighted by Gasteiger charge is 2.30. The van der Waals surface area contributed by atoms with Crippen molar-refractivity contribution in [2.45, 2.75) is 6.18 Å². The first-order valence-corrected chi connectivity index (χ1v) is 7.97. The summed E-state index contributed by atoms with van der Waals surface area (Å²) >= 11 is 12.1. The molecular formula is C16H12Cl2F3N3O3. The van der Waals surface area contributed by atoms with Gasteiger partial charge in [-0.1, -0.05) is 23.2 Å². The Morgan fingerprint density at radius 1 is 1.30 bits per heavy atom. The van der Waals surface area contributed by atoms with Crippen molar-refractivity contribution in [2.75, 3.05) is 19.1 Å². The highest BCUT2D eigenvalue weighted by Crippen LogP contribution is 2.34. The molecule has 0 bridgehead atoms. The van der Waals surface area contributed by atoms with Gasteiger partial charge in [0.05, 0.1) is 28.9 Å². The van der Waals surface area contributed by atoms with Crippen LogP contribution in [0.4, 0.5) is 19.0 Å². The van der Waals surface area contributed by atoms with Crippen LogP contribution in [0.3, 0.4) is 0 Å². The quantitative estimate of drug-likeness (QED) is 0.425. The third-order valence-corrected chi connectivity index (χ3v) is 3.63. The van der Waals surface area contributed by atoms with Gasteiger partial charge in [0.25, 0.3) is 0 Å². The van der Waals surface area contributed by atoms with Crippen LogP contribution < -0.4 is 10.2 Å². The number of alkyl halides is 3. The van der Waals surface area contributed by atoms with E-state index in [0.717, 1.165) is 12.1 Å². The standard InChI is InChI=1S/C16H12Cl2F3N3O3/c1-26-14(25)8-27-15-11(17)4-9(5-12(15)18)6-23-24-13-3-2-10(7-22-13)16(19,20)21/h2-7H,8H2,1H3,(H,22,24)/b23-6-.